The molecule has 3 aromatic carbocycles. The minimum absolute atomic E-state index is 0.180. The maximum Gasteiger partial charge on any atom is 0.283 e. The third-order valence-corrected chi connectivity index (χ3v) is 6.43. The number of aromatic nitrogens is 1. The number of halogens is 2. The van der Waals surface area contributed by atoms with Gasteiger partial charge in [-0.3, -0.25) is 14.6 Å². The van der Waals surface area contributed by atoms with Crippen molar-refractivity contribution in [1.82, 2.24) is 15.2 Å². The summed E-state index contributed by atoms with van der Waals surface area (Å²) in [4.78, 5) is 31.7. The third kappa shape index (κ3) is 5.39. The monoisotopic (exact) mass is 513 g/mol. The first-order valence-electron chi connectivity index (χ1n) is 12.1. The molecule has 6 nitrogen and oxygen atoms in total. The fourth-order valence-electron chi connectivity index (χ4n) is 4.30. The lowest BCUT2D eigenvalue weighted by molar-refractivity contribution is 0.0513. The molecule has 0 unspecified atom stereocenters. The molecule has 1 N–H and O–H groups in total. The number of carbonyl (C=O) groups excluding carboxylic acids is 2. The molecule has 0 fully saturated rings. The lowest BCUT2D eigenvalue weighted by atomic mass is 10.0. The van der Waals surface area contributed by atoms with Gasteiger partial charge in [-0.05, 0) is 60.2 Å². The maximum absolute atomic E-state index is 13.3. The summed E-state index contributed by atoms with van der Waals surface area (Å²) in [5, 5.41) is 3.21. The standard InChI is InChI=1S/C30H25F2N3O3/c1-2-30(31,32)19-34-28(36)20-7-9-21(10-8-20)29(37)35-13-14-38-27-12-11-22(15-25(27)18-35)24-16-23-5-3-4-6-26(23)33-17-24/h2-12,15-17H,1,13-14,18-19H2,(H,34,36). The first-order chi connectivity index (χ1) is 18.3. The fraction of sp³-hybridized carbons (Fsp3) is 0.167. The van der Waals surface area contributed by atoms with E-state index in [1.165, 1.54) is 24.3 Å². The Morgan fingerprint density at radius 1 is 1.03 bits per heavy atom. The highest BCUT2D eigenvalue weighted by molar-refractivity contribution is 5.98. The van der Waals surface area contributed by atoms with E-state index in [4.69, 9.17) is 4.74 Å². The molecule has 38 heavy (non-hydrogen) atoms. The first kappa shape index (κ1) is 25.1. The number of hydrogen-bond acceptors (Lipinski definition) is 4. The maximum atomic E-state index is 13.3. The second-order valence-corrected chi connectivity index (χ2v) is 9.04. The summed E-state index contributed by atoms with van der Waals surface area (Å²) in [7, 11) is 0. The lowest BCUT2D eigenvalue weighted by Crippen LogP contribution is -2.35. The number of para-hydroxylation sites is 1. The summed E-state index contributed by atoms with van der Waals surface area (Å²) in [5.41, 5.74) is 4.30. The van der Waals surface area contributed by atoms with E-state index in [-0.39, 0.29) is 11.5 Å². The van der Waals surface area contributed by atoms with E-state index in [1.807, 2.05) is 48.7 Å². The van der Waals surface area contributed by atoms with E-state index in [0.29, 0.717) is 31.3 Å². The van der Waals surface area contributed by atoms with Crippen molar-refractivity contribution in [3.05, 3.63) is 108 Å². The average Bonchev–Trinajstić information content (AvgIpc) is 3.17. The van der Waals surface area contributed by atoms with Crippen molar-refractivity contribution in [2.75, 3.05) is 19.7 Å². The van der Waals surface area contributed by atoms with Gasteiger partial charge in [0, 0.05) is 40.4 Å². The second kappa shape index (κ2) is 10.4. The molecular weight excluding hydrogens is 488 g/mol. The van der Waals surface area contributed by atoms with E-state index in [1.54, 1.807) is 4.90 Å². The largest absolute Gasteiger partial charge is 0.491 e. The van der Waals surface area contributed by atoms with Gasteiger partial charge in [0.1, 0.15) is 12.4 Å². The van der Waals surface area contributed by atoms with E-state index in [2.05, 4.69) is 22.9 Å². The van der Waals surface area contributed by atoms with Gasteiger partial charge in [-0.15, -0.1) is 0 Å². The molecule has 0 aliphatic carbocycles. The van der Waals surface area contributed by atoms with Gasteiger partial charge in [0.05, 0.1) is 18.6 Å². The van der Waals surface area contributed by atoms with Gasteiger partial charge < -0.3 is 15.0 Å². The quantitative estimate of drug-likeness (QED) is 0.346. The highest BCUT2D eigenvalue weighted by Crippen LogP contribution is 2.30. The summed E-state index contributed by atoms with van der Waals surface area (Å²) in [6, 6.07) is 21.8. The van der Waals surface area contributed by atoms with Crippen LogP contribution in [0.15, 0.2) is 91.6 Å². The highest BCUT2D eigenvalue weighted by Gasteiger charge is 2.25. The number of carbonyl (C=O) groups is 2. The van der Waals surface area contributed by atoms with Gasteiger partial charge in [0.15, 0.2) is 0 Å². The minimum atomic E-state index is -3.19. The first-order valence-corrected chi connectivity index (χ1v) is 12.1. The third-order valence-electron chi connectivity index (χ3n) is 6.43. The zero-order valence-electron chi connectivity index (χ0n) is 20.5. The summed E-state index contributed by atoms with van der Waals surface area (Å²) < 4.78 is 32.6. The predicted octanol–water partition coefficient (Wildman–Crippen LogP) is 5.49. The molecular formula is C30H25F2N3O3. The molecule has 1 aromatic heterocycles. The number of ether oxygens (including phenoxy) is 1. The van der Waals surface area contributed by atoms with Crippen molar-refractivity contribution in [3.8, 4) is 16.9 Å². The van der Waals surface area contributed by atoms with E-state index in [0.717, 1.165) is 33.3 Å². The number of alkyl halides is 2. The number of nitrogens with one attached hydrogen (secondary N) is 1. The van der Waals surface area contributed by atoms with Crippen molar-refractivity contribution in [2.45, 2.75) is 12.5 Å². The zero-order chi connectivity index (χ0) is 26.7. The van der Waals surface area contributed by atoms with Crippen molar-refractivity contribution < 1.29 is 23.1 Å². The lowest BCUT2D eigenvalue weighted by Gasteiger charge is -2.20. The molecule has 0 radical (unpaired) electrons. The summed E-state index contributed by atoms with van der Waals surface area (Å²) in [6.45, 7) is 3.29. The number of benzene rings is 3. The summed E-state index contributed by atoms with van der Waals surface area (Å²) in [5.74, 6) is -3.34. The number of pyridine rings is 1. The number of rotatable bonds is 6. The van der Waals surface area contributed by atoms with Crippen LogP contribution in [0.5, 0.6) is 5.75 Å². The van der Waals surface area contributed by atoms with Crippen molar-refractivity contribution in [2.24, 2.45) is 0 Å². The SMILES string of the molecule is C=CC(F)(F)CNC(=O)c1ccc(C(=O)N2CCOc3ccc(-c4cnc5ccccc5c4)cc3C2)cc1. The topological polar surface area (TPSA) is 71.5 Å². The van der Waals surface area contributed by atoms with Crippen LogP contribution in [0, 0.1) is 0 Å². The average molecular weight is 514 g/mol. The number of fused-ring (bicyclic) bond motifs is 2. The van der Waals surface area contributed by atoms with Gasteiger partial charge in [0.25, 0.3) is 17.7 Å². The van der Waals surface area contributed by atoms with Crippen LogP contribution in [0.1, 0.15) is 26.3 Å². The second-order valence-electron chi connectivity index (χ2n) is 9.04. The Morgan fingerprint density at radius 2 is 1.79 bits per heavy atom. The Bertz CT molecular complexity index is 1520. The molecule has 0 saturated carbocycles. The van der Waals surface area contributed by atoms with Gasteiger partial charge in [0.2, 0.25) is 0 Å². The van der Waals surface area contributed by atoms with Crippen LogP contribution < -0.4 is 10.1 Å². The Labute approximate surface area is 218 Å². The van der Waals surface area contributed by atoms with E-state index in [9.17, 15) is 18.4 Å². The Morgan fingerprint density at radius 3 is 2.58 bits per heavy atom. The molecule has 5 rings (SSSR count). The number of amides is 2. The normalized spacial score (nSPS) is 13.3. The molecule has 0 spiro atoms. The molecule has 8 heteroatoms. The van der Waals surface area contributed by atoms with Crippen LogP contribution in [0.2, 0.25) is 0 Å². The van der Waals surface area contributed by atoms with Crippen molar-refractivity contribution in [1.29, 1.82) is 0 Å². The van der Waals surface area contributed by atoms with Crippen molar-refractivity contribution in [3.63, 3.8) is 0 Å². The van der Waals surface area contributed by atoms with Crippen LogP contribution >= 0.6 is 0 Å². The number of nitrogens with zero attached hydrogens (tertiary/aromatic N) is 2. The smallest absolute Gasteiger partial charge is 0.283 e. The van der Waals surface area contributed by atoms with Gasteiger partial charge in [-0.2, -0.15) is 0 Å². The van der Waals surface area contributed by atoms with E-state index < -0.39 is 18.4 Å². The Kier molecular flexibility index (Phi) is 6.87. The van der Waals surface area contributed by atoms with Gasteiger partial charge >= 0.3 is 0 Å². The Balaban J connectivity index is 1.32. The van der Waals surface area contributed by atoms with E-state index >= 15 is 0 Å². The number of hydrogen-bond donors (Lipinski definition) is 1. The zero-order valence-corrected chi connectivity index (χ0v) is 20.5. The van der Waals surface area contributed by atoms with Crippen LogP contribution in [-0.4, -0.2) is 47.3 Å². The summed E-state index contributed by atoms with van der Waals surface area (Å²) >= 11 is 0. The fourth-order valence-corrected chi connectivity index (χ4v) is 4.30. The van der Waals surface area contributed by atoms with Gasteiger partial charge in [-0.1, -0.05) is 30.8 Å². The van der Waals surface area contributed by atoms with Crippen LogP contribution in [0.25, 0.3) is 22.0 Å². The molecule has 1 aliphatic heterocycles. The molecule has 2 heterocycles. The molecule has 0 bridgehead atoms. The molecule has 4 aromatic rings. The van der Waals surface area contributed by atoms with Gasteiger partial charge in [-0.25, -0.2) is 8.78 Å². The van der Waals surface area contributed by atoms with Crippen LogP contribution in [0.3, 0.4) is 0 Å². The predicted molar refractivity (Wildman–Crippen MR) is 141 cm³/mol. The molecule has 2 amide bonds. The highest BCUT2D eigenvalue weighted by atomic mass is 19.3. The molecule has 0 atom stereocenters. The van der Waals surface area contributed by atoms with Crippen LogP contribution in [-0.2, 0) is 6.54 Å². The minimum Gasteiger partial charge on any atom is -0.491 e. The molecule has 1 aliphatic rings. The van der Waals surface area contributed by atoms with Crippen LogP contribution in [0.4, 0.5) is 8.78 Å². The van der Waals surface area contributed by atoms with Crippen molar-refractivity contribution >= 4 is 22.7 Å². The Hall–Kier alpha value is -4.59. The summed E-state index contributed by atoms with van der Waals surface area (Å²) in [6.07, 6.45) is 2.32. The molecule has 0 saturated heterocycles. The molecule has 192 valence electrons.